The Kier molecular flexibility index (Phi) is 8.96. The summed E-state index contributed by atoms with van der Waals surface area (Å²) in [7, 11) is 5.70. The van der Waals surface area contributed by atoms with E-state index in [0.717, 1.165) is 37.1 Å². The molecule has 6 nitrogen and oxygen atoms in total. The van der Waals surface area contributed by atoms with Gasteiger partial charge in [-0.3, -0.25) is 9.59 Å². The lowest BCUT2D eigenvalue weighted by molar-refractivity contribution is -0.143. The van der Waals surface area contributed by atoms with Gasteiger partial charge in [-0.1, -0.05) is 31.5 Å². The number of benzene rings is 1. The Hall–Kier alpha value is -2.08. The second-order valence-electron chi connectivity index (χ2n) is 8.27. The molecule has 0 bridgehead atoms. The number of piperidine rings is 1. The van der Waals surface area contributed by atoms with Crippen molar-refractivity contribution in [2.24, 2.45) is 5.92 Å². The Morgan fingerprint density at radius 3 is 2.72 bits per heavy atom. The van der Waals surface area contributed by atoms with E-state index in [2.05, 4.69) is 17.1 Å². The fourth-order valence-electron chi connectivity index (χ4n) is 3.99. The molecule has 0 saturated carbocycles. The highest BCUT2D eigenvalue weighted by atomic mass is 16.5. The van der Waals surface area contributed by atoms with Gasteiger partial charge < -0.3 is 19.9 Å². The molecule has 1 aliphatic heterocycles. The van der Waals surface area contributed by atoms with Crippen LogP contribution in [0, 0.1) is 5.92 Å². The number of rotatable bonds is 10. The second-order valence-corrected chi connectivity index (χ2v) is 8.27. The Morgan fingerprint density at radius 2 is 2.07 bits per heavy atom. The summed E-state index contributed by atoms with van der Waals surface area (Å²) in [5.74, 6) is 0.607. The van der Waals surface area contributed by atoms with Gasteiger partial charge in [0, 0.05) is 24.6 Å². The van der Waals surface area contributed by atoms with Crippen LogP contribution in [0.1, 0.15) is 57.6 Å². The number of carbonyl (C=O) groups excluding carboxylic acids is 2. The molecule has 1 aromatic carbocycles. The normalized spacial score (nSPS) is 20.6. The van der Waals surface area contributed by atoms with Crippen LogP contribution < -0.4 is 10.1 Å². The lowest BCUT2D eigenvalue weighted by atomic mass is 9.82. The number of methoxy groups -OCH3 is 1. The summed E-state index contributed by atoms with van der Waals surface area (Å²) < 4.78 is 5.59. The van der Waals surface area contributed by atoms with E-state index < -0.39 is 0 Å². The summed E-state index contributed by atoms with van der Waals surface area (Å²) in [4.78, 5) is 30.1. The third-order valence-electron chi connectivity index (χ3n) is 5.65. The van der Waals surface area contributed by atoms with Gasteiger partial charge in [0.2, 0.25) is 11.8 Å². The molecule has 162 valence electrons. The van der Waals surface area contributed by atoms with Crippen molar-refractivity contribution >= 4 is 11.8 Å². The molecule has 0 aliphatic carbocycles. The number of carbonyl (C=O) groups is 2. The van der Waals surface area contributed by atoms with E-state index >= 15 is 0 Å². The van der Waals surface area contributed by atoms with E-state index in [1.54, 1.807) is 7.11 Å². The van der Waals surface area contributed by atoms with Crippen molar-refractivity contribution < 1.29 is 14.3 Å². The smallest absolute Gasteiger partial charge is 0.225 e. The number of amides is 2. The van der Waals surface area contributed by atoms with Crippen LogP contribution in [0.15, 0.2) is 24.3 Å². The van der Waals surface area contributed by atoms with Crippen LogP contribution in [0.4, 0.5) is 0 Å². The first-order valence-corrected chi connectivity index (χ1v) is 10.8. The van der Waals surface area contributed by atoms with Gasteiger partial charge in [0.15, 0.2) is 0 Å². The highest BCUT2D eigenvalue weighted by Crippen LogP contribution is 2.40. The second kappa shape index (κ2) is 11.2. The average molecular weight is 404 g/mol. The van der Waals surface area contributed by atoms with E-state index in [0.29, 0.717) is 19.4 Å². The lowest BCUT2D eigenvalue weighted by Gasteiger charge is -2.41. The largest absolute Gasteiger partial charge is 0.496 e. The molecule has 29 heavy (non-hydrogen) atoms. The maximum Gasteiger partial charge on any atom is 0.225 e. The van der Waals surface area contributed by atoms with Gasteiger partial charge >= 0.3 is 0 Å². The third kappa shape index (κ3) is 6.20. The van der Waals surface area contributed by atoms with E-state index in [1.807, 2.05) is 50.2 Å². The average Bonchev–Trinajstić information content (AvgIpc) is 2.71. The van der Waals surface area contributed by atoms with Gasteiger partial charge in [-0.25, -0.2) is 0 Å². The number of hydrogen-bond donors (Lipinski definition) is 1. The van der Waals surface area contributed by atoms with Gasteiger partial charge in [0.25, 0.3) is 0 Å². The summed E-state index contributed by atoms with van der Waals surface area (Å²) in [6.07, 6.45) is 3.80. The van der Waals surface area contributed by atoms with Crippen LogP contribution in [0.5, 0.6) is 5.75 Å². The van der Waals surface area contributed by atoms with Crippen molar-refractivity contribution in [3.05, 3.63) is 29.8 Å². The third-order valence-corrected chi connectivity index (χ3v) is 5.65. The predicted octanol–water partition coefficient (Wildman–Crippen LogP) is 3.23. The zero-order valence-electron chi connectivity index (χ0n) is 18.6. The number of likely N-dealkylation sites (tertiary alicyclic amines) is 1. The first-order valence-electron chi connectivity index (χ1n) is 10.8. The number of hydrogen-bond acceptors (Lipinski definition) is 4. The van der Waals surface area contributed by atoms with Gasteiger partial charge in [0.1, 0.15) is 5.75 Å². The number of nitrogens with zero attached hydrogens (tertiary/aromatic N) is 2. The van der Waals surface area contributed by atoms with Crippen LogP contribution in [0.3, 0.4) is 0 Å². The minimum absolute atomic E-state index is 0.0289. The highest BCUT2D eigenvalue weighted by Gasteiger charge is 2.41. The summed E-state index contributed by atoms with van der Waals surface area (Å²) in [6, 6.07) is 7.55. The molecule has 1 saturated heterocycles. The Bertz CT molecular complexity index is 677. The van der Waals surface area contributed by atoms with Crippen LogP contribution in [-0.2, 0) is 9.59 Å². The molecule has 6 heteroatoms. The molecule has 3 unspecified atom stereocenters. The van der Waals surface area contributed by atoms with Crippen molar-refractivity contribution in [1.82, 2.24) is 15.1 Å². The lowest BCUT2D eigenvalue weighted by Crippen LogP contribution is -2.50. The van der Waals surface area contributed by atoms with E-state index in [-0.39, 0.29) is 29.8 Å². The van der Waals surface area contributed by atoms with Crippen molar-refractivity contribution in [2.45, 2.75) is 58.0 Å². The van der Waals surface area contributed by atoms with E-state index in [1.165, 1.54) is 0 Å². The molecule has 1 N–H and O–H groups in total. The van der Waals surface area contributed by atoms with Crippen LogP contribution in [-0.4, -0.2) is 62.0 Å². The molecule has 1 aliphatic rings. The highest BCUT2D eigenvalue weighted by molar-refractivity contribution is 5.85. The quantitative estimate of drug-likeness (QED) is 0.652. The zero-order chi connectivity index (χ0) is 21.4. The monoisotopic (exact) mass is 403 g/mol. The minimum Gasteiger partial charge on any atom is -0.496 e. The molecule has 0 spiro atoms. The summed E-state index contributed by atoms with van der Waals surface area (Å²) in [5.41, 5.74) is 0.917. The Balaban J connectivity index is 2.30. The topological polar surface area (TPSA) is 61.9 Å². The molecular formula is C23H37N3O3. The summed E-state index contributed by atoms with van der Waals surface area (Å²) >= 11 is 0. The van der Waals surface area contributed by atoms with Crippen molar-refractivity contribution in [1.29, 1.82) is 0 Å². The maximum atomic E-state index is 13.3. The number of para-hydroxylation sites is 1. The Labute approximate surface area is 175 Å². The molecule has 3 atom stereocenters. The van der Waals surface area contributed by atoms with Crippen molar-refractivity contribution in [3.8, 4) is 5.75 Å². The molecule has 0 radical (unpaired) electrons. The van der Waals surface area contributed by atoms with Gasteiger partial charge in [-0.15, -0.1) is 0 Å². The first-order chi connectivity index (χ1) is 13.9. The SMILES string of the molecule is CCCCN1C(=O)CCC(C(=O)NC(C)CCN(C)C)C1c1ccccc1OC. The fourth-order valence-corrected chi connectivity index (χ4v) is 3.99. The van der Waals surface area contributed by atoms with Crippen molar-refractivity contribution in [3.63, 3.8) is 0 Å². The van der Waals surface area contributed by atoms with Crippen LogP contribution in [0.25, 0.3) is 0 Å². The number of unbranched alkanes of at least 4 members (excludes halogenated alkanes) is 1. The maximum absolute atomic E-state index is 13.3. The first kappa shape index (κ1) is 23.2. The van der Waals surface area contributed by atoms with E-state index in [4.69, 9.17) is 4.74 Å². The van der Waals surface area contributed by atoms with E-state index in [9.17, 15) is 9.59 Å². The molecule has 2 amide bonds. The molecule has 2 rings (SSSR count). The zero-order valence-corrected chi connectivity index (χ0v) is 18.6. The summed E-state index contributed by atoms with van der Waals surface area (Å²) in [6.45, 7) is 5.74. The van der Waals surface area contributed by atoms with Gasteiger partial charge in [0.05, 0.1) is 19.1 Å². The number of nitrogens with one attached hydrogen (secondary N) is 1. The molecule has 1 aromatic rings. The summed E-state index contributed by atoms with van der Waals surface area (Å²) in [5, 5.41) is 3.19. The predicted molar refractivity (Wildman–Crippen MR) is 116 cm³/mol. The van der Waals surface area contributed by atoms with Crippen LogP contribution >= 0.6 is 0 Å². The molecule has 0 aromatic heterocycles. The van der Waals surface area contributed by atoms with Gasteiger partial charge in [-0.05, 0) is 52.9 Å². The standard InChI is InChI=1S/C23H37N3O3/c1-6-7-15-26-21(27)13-12-19(23(28)24-17(2)14-16-25(3)4)22(26)18-10-8-9-11-20(18)29-5/h8-11,17,19,22H,6-7,12-16H2,1-5H3,(H,24,28). The van der Waals surface area contributed by atoms with Gasteiger partial charge in [-0.2, -0.15) is 0 Å². The Morgan fingerprint density at radius 1 is 1.34 bits per heavy atom. The minimum atomic E-state index is -0.292. The van der Waals surface area contributed by atoms with Crippen LogP contribution in [0.2, 0.25) is 0 Å². The molecular weight excluding hydrogens is 366 g/mol. The fraction of sp³-hybridized carbons (Fsp3) is 0.652. The molecule has 1 fully saturated rings. The molecule has 1 heterocycles. The van der Waals surface area contributed by atoms with Crippen molar-refractivity contribution in [2.75, 3.05) is 34.3 Å². The number of ether oxygens (including phenoxy) is 1.